The van der Waals surface area contributed by atoms with Gasteiger partial charge in [-0.2, -0.15) is 0 Å². The van der Waals surface area contributed by atoms with Crippen molar-refractivity contribution < 1.29 is 0 Å². The number of hydrogen-bond acceptors (Lipinski definition) is 3. The van der Waals surface area contributed by atoms with E-state index in [2.05, 4.69) is 65.6 Å². The largest absolute Gasteiger partial charge is 0.313 e. The van der Waals surface area contributed by atoms with E-state index in [1.807, 2.05) is 12.4 Å². The van der Waals surface area contributed by atoms with E-state index in [1.165, 1.54) is 16.7 Å². The Morgan fingerprint density at radius 1 is 1.05 bits per heavy atom. The molecular formula is C18H25N3. The van der Waals surface area contributed by atoms with Gasteiger partial charge in [-0.1, -0.05) is 31.2 Å². The first-order valence-corrected chi connectivity index (χ1v) is 7.64. The van der Waals surface area contributed by atoms with Crippen molar-refractivity contribution in [3.05, 3.63) is 65.5 Å². The average molecular weight is 283 g/mol. The third kappa shape index (κ3) is 5.29. The van der Waals surface area contributed by atoms with Crippen molar-refractivity contribution >= 4 is 0 Å². The third-order valence-electron chi connectivity index (χ3n) is 3.66. The molecule has 2 aromatic rings. The van der Waals surface area contributed by atoms with Gasteiger partial charge < -0.3 is 10.2 Å². The average Bonchev–Trinajstić information content (AvgIpc) is 2.53. The van der Waals surface area contributed by atoms with Gasteiger partial charge in [0.15, 0.2) is 0 Å². The molecule has 1 aromatic heterocycles. The molecule has 1 aromatic carbocycles. The van der Waals surface area contributed by atoms with Gasteiger partial charge in [0.1, 0.15) is 0 Å². The van der Waals surface area contributed by atoms with Crippen LogP contribution in [0.25, 0.3) is 0 Å². The van der Waals surface area contributed by atoms with Crippen molar-refractivity contribution in [1.29, 1.82) is 0 Å². The first-order chi connectivity index (χ1) is 10.3. The summed E-state index contributed by atoms with van der Waals surface area (Å²) in [6.45, 7) is 6.15. The molecule has 112 valence electrons. The second kappa shape index (κ2) is 8.55. The van der Waals surface area contributed by atoms with Crippen LogP contribution in [-0.4, -0.2) is 30.0 Å². The van der Waals surface area contributed by atoms with Crippen LogP contribution < -0.4 is 5.32 Å². The van der Waals surface area contributed by atoms with Crippen LogP contribution in [0, 0.1) is 0 Å². The number of nitrogens with one attached hydrogen (secondary N) is 1. The molecule has 3 nitrogen and oxygen atoms in total. The Kier molecular flexibility index (Phi) is 6.38. The van der Waals surface area contributed by atoms with Crippen LogP contribution in [-0.2, 0) is 19.5 Å². The van der Waals surface area contributed by atoms with Gasteiger partial charge in [0.25, 0.3) is 0 Å². The molecule has 0 fully saturated rings. The minimum atomic E-state index is 0.949. The van der Waals surface area contributed by atoms with E-state index >= 15 is 0 Å². The van der Waals surface area contributed by atoms with Gasteiger partial charge in [-0.15, -0.1) is 0 Å². The number of benzene rings is 1. The predicted octanol–water partition coefficient (Wildman–Crippen LogP) is 2.87. The highest BCUT2D eigenvalue weighted by Gasteiger charge is 2.05. The van der Waals surface area contributed by atoms with Crippen LogP contribution in [0.15, 0.2) is 48.8 Å². The summed E-state index contributed by atoms with van der Waals surface area (Å²) in [5.74, 6) is 0. The number of pyridine rings is 1. The van der Waals surface area contributed by atoms with Crippen LogP contribution in [0.4, 0.5) is 0 Å². The minimum absolute atomic E-state index is 0.949. The van der Waals surface area contributed by atoms with Crippen molar-refractivity contribution in [1.82, 2.24) is 15.2 Å². The summed E-state index contributed by atoms with van der Waals surface area (Å²) in [7, 11) is 2.19. The smallest absolute Gasteiger partial charge is 0.0270 e. The quantitative estimate of drug-likeness (QED) is 0.807. The summed E-state index contributed by atoms with van der Waals surface area (Å²) < 4.78 is 0. The van der Waals surface area contributed by atoms with E-state index in [0.717, 1.165) is 32.6 Å². The molecule has 0 aliphatic carbocycles. The molecular weight excluding hydrogens is 258 g/mol. The summed E-state index contributed by atoms with van der Waals surface area (Å²) in [5, 5.41) is 3.41. The molecule has 0 unspecified atom stereocenters. The molecule has 0 saturated heterocycles. The normalized spacial score (nSPS) is 11.0. The van der Waals surface area contributed by atoms with Gasteiger partial charge in [-0.25, -0.2) is 0 Å². The van der Waals surface area contributed by atoms with E-state index in [1.54, 1.807) is 0 Å². The highest BCUT2D eigenvalue weighted by atomic mass is 15.1. The van der Waals surface area contributed by atoms with Crippen molar-refractivity contribution in [3.8, 4) is 0 Å². The van der Waals surface area contributed by atoms with E-state index in [4.69, 9.17) is 0 Å². The number of likely N-dealkylation sites (N-methyl/N-ethyl adjacent to an activating group) is 1. The predicted molar refractivity (Wildman–Crippen MR) is 88.1 cm³/mol. The second-order valence-corrected chi connectivity index (χ2v) is 5.39. The lowest BCUT2D eigenvalue weighted by Gasteiger charge is -2.19. The number of rotatable bonds is 8. The van der Waals surface area contributed by atoms with Crippen LogP contribution in [0.5, 0.6) is 0 Å². The minimum Gasteiger partial charge on any atom is -0.313 e. The number of aromatic nitrogens is 1. The molecule has 1 N–H and O–H groups in total. The molecule has 0 amide bonds. The van der Waals surface area contributed by atoms with Gasteiger partial charge in [-0.05, 0) is 48.8 Å². The van der Waals surface area contributed by atoms with Gasteiger partial charge >= 0.3 is 0 Å². The SMILES string of the molecule is CCNCc1ccccc1CN(C)CCc1ccncc1. The Labute approximate surface area is 128 Å². The Bertz CT molecular complexity index is 525. The summed E-state index contributed by atoms with van der Waals surface area (Å²) in [6.07, 6.45) is 4.79. The molecule has 0 aliphatic rings. The zero-order valence-electron chi connectivity index (χ0n) is 13.0. The fraction of sp³-hybridized carbons (Fsp3) is 0.389. The van der Waals surface area contributed by atoms with Gasteiger partial charge in [0.2, 0.25) is 0 Å². The number of hydrogen-bond donors (Lipinski definition) is 1. The highest BCUT2D eigenvalue weighted by molar-refractivity contribution is 5.27. The van der Waals surface area contributed by atoms with Crippen molar-refractivity contribution in [2.45, 2.75) is 26.4 Å². The Morgan fingerprint density at radius 3 is 2.48 bits per heavy atom. The maximum absolute atomic E-state index is 4.06. The van der Waals surface area contributed by atoms with Gasteiger partial charge in [0.05, 0.1) is 0 Å². The lowest BCUT2D eigenvalue weighted by atomic mass is 10.1. The van der Waals surface area contributed by atoms with E-state index in [-0.39, 0.29) is 0 Å². The molecule has 21 heavy (non-hydrogen) atoms. The summed E-state index contributed by atoms with van der Waals surface area (Å²) >= 11 is 0. The molecule has 0 aliphatic heterocycles. The molecule has 0 bridgehead atoms. The van der Waals surface area contributed by atoms with Crippen molar-refractivity contribution in [3.63, 3.8) is 0 Å². The van der Waals surface area contributed by atoms with Crippen LogP contribution >= 0.6 is 0 Å². The fourth-order valence-corrected chi connectivity index (χ4v) is 2.38. The van der Waals surface area contributed by atoms with Crippen LogP contribution in [0.1, 0.15) is 23.6 Å². The standard InChI is InChI=1S/C18H25N3/c1-3-19-14-17-6-4-5-7-18(17)15-21(2)13-10-16-8-11-20-12-9-16/h4-9,11-12,19H,3,10,13-15H2,1-2H3. The second-order valence-electron chi connectivity index (χ2n) is 5.39. The monoisotopic (exact) mass is 283 g/mol. The maximum Gasteiger partial charge on any atom is 0.0270 e. The number of nitrogens with zero attached hydrogens (tertiary/aromatic N) is 2. The summed E-state index contributed by atoms with van der Waals surface area (Å²) in [5.41, 5.74) is 4.16. The van der Waals surface area contributed by atoms with Crippen LogP contribution in [0.3, 0.4) is 0 Å². The van der Waals surface area contributed by atoms with Gasteiger partial charge in [-0.3, -0.25) is 4.98 Å². The molecule has 3 heteroatoms. The van der Waals surface area contributed by atoms with Crippen molar-refractivity contribution in [2.24, 2.45) is 0 Å². The van der Waals surface area contributed by atoms with Crippen molar-refractivity contribution in [2.75, 3.05) is 20.1 Å². The van der Waals surface area contributed by atoms with E-state index in [0.29, 0.717) is 0 Å². The molecule has 2 rings (SSSR count). The maximum atomic E-state index is 4.06. The third-order valence-corrected chi connectivity index (χ3v) is 3.66. The topological polar surface area (TPSA) is 28.2 Å². The van der Waals surface area contributed by atoms with E-state index < -0.39 is 0 Å². The molecule has 0 radical (unpaired) electrons. The zero-order valence-corrected chi connectivity index (χ0v) is 13.0. The molecule has 0 atom stereocenters. The summed E-state index contributed by atoms with van der Waals surface area (Å²) in [4.78, 5) is 6.44. The van der Waals surface area contributed by atoms with Crippen LogP contribution in [0.2, 0.25) is 0 Å². The molecule has 0 saturated carbocycles. The van der Waals surface area contributed by atoms with Gasteiger partial charge in [0, 0.05) is 32.0 Å². The Morgan fingerprint density at radius 2 is 1.76 bits per heavy atom. The lowest BCUT2D eigenvalue weighted by Crippen LogP contribution is -2.22. The zero-order chi connectivity index (χ0) is 14.9. The molecule has 1 heterocycles. The first-order valence-electron chi connectivity index (χ1n) is 7.64. The summed E-state index contributed by atoms with van der Waals surface area (Å²) in [6, 6.07) is 12.9. The fourth-order valence-electron chi connectivity index (χ4n) is 2.38. The Hall–Kier alpha value is -1.71. The lowest BCUT2D eigenvalue weighted by molar-refractivity contribution is 0.330. The first kappa shape index (κ1) is 15.7. The Balaban J connectivity index is 1.88. The highest BCUT2D eigenvalue weighted by Crippen LogP contribution is 2.11. The van der Waals surface area contributed by atoms with E-state index in [9.17, 15) is 0 Å². The molecule has 0 spiro atoms.